The fourth-order valence-corrected chi connectivity index (χ4v) is 10.7. The molecule has 0 spiro atoms. The molecule has 1 aromatic carbocycles. The Hall–Kier alpha value is -1.09. The van der Waals surface area contributed by atoms with E-state index in [1.807, 2.05) is 12.1 Å². The molecule has 1 aliphatic heterocycles. The lowest BCUT2D eigenvalue weighted by Crippen LogP contribution is -2.43. The minimum Gasteiger partial charge on any atom is -0.459 e. The monoisotopic (exact) mass is 428 g/mol. The van der Waals surface area contributed by atoms with Gasteiger partial charge in [0.15, 0.2) is 0 Å². The summed E-state index contributed by atoms with van der Waals surface area (Å²) >= 11 is 0. The number of benzene rings is 1. The first-order chi connectivity index (χ1) is 14.5. The molecule has 3 rings (SSSR count). The zero-order chi connectivity index (χ0) is 21.4. The van der Waals surface area contributed by atoms with Crippen LogP contribution in [0.2, 0.25) is 24.2 Å². The van der Waals surface area contributed by atoms with Crippen LogP contribution in [-0.4, -0.2) is 20.1 Å². The molecule has 30 heavy (non-hydrogen) atoms. The van der Waals surface area contributed by atoms with Crippen molar-refractivity contribution >= 4 is 14.0 Å². The SMILES string of the molecule is CCCCCC1CCC([Si]2(C)CCC(OC(=O)c3ccc(CCC)cc3)CC2)CC1. The maximum absolute atomic E-state index is 12.6. The third kappa shape index (κ3) is 6.45. The first kappa shape index (κ1) is 23.6. The van der Waals surface area contributed by atoms with Crippen LogP contribution in [0, 0.1) is 5.92 Å². The number of unbranched alkanes of at least 4 members (excludes halogenated alkanes) is 2. The second-order valence-electron chi connectivity index (χ2n) is 10.4. The summed E-state index contributed by atoms with van der Waals surface area (Å²) in [6.45, 7) is 7.14. The van der Waals surface area contributed by atoms with E-state index in [9.17, 15) is 4.79 Å². The number of carbonyl (C=O) groups excluding carboxylic acids is 1. The Bertz CT molecular complexity index is 637. The summed E-state index contributed by atoms with van der Waals surface area (Å²) in [5.74, 6) is 0.882. The average Bonchev–Trinajstić information content (AvgIpc) is 2.77. The van der Waals surface area contributed by atoms with E-state index < -0.39 is 8.07 Å². The van der Waals surface area contributed by atoms with Crippen LogP contribution in [0.15, 0.2) is 24.3 Å². The van der Waals surface area contributed by atoms with E-state index in [-0.39, 0.29) is 12.1 Å². The van der Waals surface area contributed by atoms with Crippen molar-refractivity contribution in [3.8, 4) is 0 Å². The molecule has 0 aromatic heterocycles. The van der Waals surface area contributed by atoms with Gasteiger partial charge in [0.1, 0.15) is 6.10 Å². The molecule has 3 heteroatoms. The van der Waals surface area contributed by atoms with Crippen LogP contribution >= 0.6 is 0 Å². The number of aryl methyl sites for hydroxylation is 1. The highest BCUT2D eigenvalue weighted by molar-refractivity contribution is 6.80. The van der Waals surface area contributed by atoms with Gasteiger partial charge in [0.25, 0.3) is 0 Å². The van der Waals surface area contributed by atoms with Crippen LogP contribution in [0.25, 0.3) is 0 Å². The van der Waals surface area contributed by atoms with Crippen LogP contribution in [0.4, 0.5) is 0 Å². The van der Waals surface area contributed by atoms with Gasteiger partial charge in [0.05, 0.1) is 13.6 Å². The van der Waals surface area contributed by atoms with Crippen molar-refractivity contribution in [3.63, 3.8) is 0 Å². The van der Waals surface area contributed by atoms with Gasteiger partial charge in [-0.15, -0.1) is 0 Å². The summed E-state index contributed by atoms with van der Waals surface area (Å²) in [5.41, 5.74) is 3.03. The molecule has 2 aliphatic rings. The lowest BCUT2D eigenvalue weighted by Gasteiger charge is -2.44. The Morgan fingerprint density at radius 3 is 2.20 bits per heavy atom. The Kier molecular flexibility index (Phi) is 9.04. The molecular formula is C27H44O2Si. The van der Waals surface area contributed by atoms with Crippen molar-refractivity contribution < 1.29 is 9.53 Å². The molecule has 0 atom stereocenters. The largest absolute Gasteiger partial charge is 0.459 e. The minimum absolute atomic E-state index is 0.124. The second-order valence-corrected chi connectivity index (χ2v) is 15.5. The zero-order valence-electron chi connectivity index (χ0n) is 19.8. The summed E-state index contributed by atoms with van der Waals surface area (Å²) in [5, 5.41) is 0. The molecule has 168 valence electrons. The van der Waals surface area contributed by atoms with Gasteiger partial charge in [-0.3, -0.25) is 0 Å². The Morgan fingerprint density at radius 1 is 0.933 bits per heavy atom. The minimum atomic E-state index is -1.18. The lowest BCUT2D eigenvalue weighted by molar-refractivity contribution is 0.0270. The number of ether oxygens (including phenoxy) is 1. The normalized spacial score (nSPS) is 29.5. The van der Waals surface area contributed by atoms with Crippen LogP contribution in [0.1, 0.15) is 100 Å². The Morgan fingerprint density at radius 2 is 1.60 bits per heavy atom. The number of carbonyl (C=O) groups is 1. The fourth-order valence-electron chi connectivity index (χ4n) is 5.92. The Labute approximate surface area is 186 Å². The molecule has 1 saturated carbocycles. The van der Waals surface area contributed by atoms with E-state index in [1.165, 1.54) is 69.0 Å². The topological polar surface area (TPSA) is 26.3 Å². The molecule has 1 aromatic rings. The van der Waals surface area contributed by atoms with E-state index >= 15 is 0 Å². The smallest absolute Gasteiger partial charge is 0.338 e. The van der Waals surface area contributed by atoms with Crippen LogP contribution in [0.5, 0.6) is 0 Å². The standard InChI is InChI=1S/C27H44O2Si/c1-4-6-7-9-23-12-16-26(17-13-23)30(3)20-18-25(19-21-30)29-27(28)24-14-10-22(8-5-2)11-15-24/h10-11,14-15,23,25-26H,4-9,12-13,16-21H2,1-3H3. The molecule has 1 saturated heterocycles. The fraction of sp³-hybridized carbons (Fsp3) is 0.741. The molecule has 0 bridgehead atoms. The van der Waals surface area contributed by atoms with Crippen molar-refractivity contribution in [1.82, 2.24) is 0 Å². The predicted molar refractivity (Wildman–Crippen MR) is 130 cm³/mol. The lowest BCUT2D eigenvalue weighted by atomic mass is 9.85. The maximum atomic E-state index is 12.6. The van der Waals surface area contributed by atoms with Gasteiger partial charge >= 0.3 is 5.97 Å². The van der Waals surface area contributed by atoms with Gasteiger partial charge < -0.3 is 4.74 Å². The summed E-state index contributed by atoms with van der Waals surface area (Å²) in [4.78, 5) is 12.6. The van der Waals surface area contributed by atoms with E-state index in [4.69, 9.17) is 4.74 Å². The van der Waals surface area contributed by atoms with E-state index in [0.717, 1.165) is 37.1 Å². The number of hydrogen-bond acceptors (Lipinski definition) is 2. The quantitative estimate of drug-likeness (QED) is 0.225. The summed E-state index contributed by atoms with van der Waals surface area (Å²) in [6.07, 6.45) is 16.1. The molecular weight excluding hydrogens is 384 g/mol. The number of rotatable bonds is 9. The molecule has 0 N–H and O–H groups in total. The van der Waals surface area contributed by atoms with E-state index in [0.29, 0.717) is 5.56 Å². The third-order valence-electron chi connectivity index (χ3n) is 8.13. The number of esters is 1. The molecule has 2 fully saturated rings. The van der Waals surface area contributed by atoms with Crippen LogP contribution < -0.4 is 0 Å². The van der Waals surface area contributed by atoms with Gasteiger partial charge in [-0.05, 0) is 48.4 Å². The van der Waals surface area contributed by atoms with Crippen molar-refractivity contribution in [3.05, 3.63) is 35.4 Å². The van der Waals surface area contributed by atoms with Crippen molar-refractivity contribution in [2.45, 2.75) is 121 Å². The van der Waals surface area contributed by atoms with Crippen molar-refractivity contribution in [2.75, 3.05) is 0 Å². The van der Waals surface area contributed by atoms with E-state index in [2.05, 4.69) is 32.5 Å². The molecule has 0 unspecified atom stereocenters. The van der Waals surface area contributed by atoms with Crippen LogP contribution in [-0.2, 0) is 11.2 Å². The molecule has 1 aliphatic carbocycles. The third-order valence-corrected chi connectivity index (χ3v) is 13.5. The summed E-state index contributed by atoms with van der Waals surface area (Å²) < 4.78 is 5.91. The molecule has 1 heterocycles. The van der Waals surface area contributed by atoms with Crippen LogP contribution in [0.3, 0.4) is 0 Å². The average molecular weight is 429 g/mol. The highest BCUT2D eigenvalue weighted by Crippen LogP contribution is 2.47. The molecule has 2 nitrogen and oxygen atoms in total. The van der Waals surface area contributed by atoms with Gasteiger partial charge in [0, 0.05) is 0 Å². The first-order valence-electron chi connectivity index (χ1n) is 12.8. The maximum Gasteiger partial charge on any atom is 0.338 e. The highest BCUT2D eigenvalue weighted by atomic mass is 28.3. The molecule has 0 amide bonds. The van der Waals surface area contributed by atoms with Gasteiger partial charge in [0.2, 0.25) is 0 Å². The predicted octanol–water partition coefficient (Wildman–Crippen LogP) is 8.18. The second kappa shape index (κ2) is 11.5. The highest BCUT2D eigenvalue weighted by Gasteiger charge is 2.41. The van der Waals surface area contributed by atoms with Crippen molar-refractivity contribution in [1.29, 1.82) is 0 Å². The molecule has 0 radical (unpaired) electrons. The summed E-state index contributed by atoms with van der Waals surface area (Å²) in [7, 11) is -1.18. The Balaban J connectivity index is 1.42. The number of hydrogen-bond donors (Lipinski definition) is 0. The van der Waals surface area contributed by atoms with Gasteiger partial charge in [-0.2, -0.15) is 0 Å². The summed E-state index contributed by atoms with van der Waals surface area (Å²) in [6, 6.07) is 10.7. The van der Waals surface area contributed by atoms with Gasteiger partial charge in [-0.1, -0.05) is 102 Å². The zero-order valence-corrected chi connectivity index (χ0v) is 20.8. The van der Waals surface area contributed by atoms with E-state index in [1.54, 1.807) is 0 Å². The first-order valence-corrected chi connectivity index (χ1v) is 15.8. The van der Waals surface area contributed by atoms with Gasteiger partial charge in [-0.25, -0.2) is 4.79 Å². The van der Waals surface area contributed by atoms with Crippen molar-refractivity contribution in [2.24, 2.45) is 5.92 Å².